The molecule has 0 atom stereocenters. The van der Waals surface area contributed by atoms with Gasteiger partial charge in [-0.05, 0) is 6.07 Å². The Bertz CT molecular complexity index is 402. The molecule has 0 bridgehead atoms. The van der Waals surface area contributed by atoms with Crippen molar-refractivity contribution < 1.29 is 32.6 Å². The van der Waals surface area contributed by atoms with E-state index in [4.69, 9.17) is 14.6 Å². The molecule has 0 saturated heterocycles. The molecule has 0 aliphatic rings. The van der Waals surface area contributed by atoms with E-state index in [1.165, 1.54) is 0 Å². The van der Waals surface area contributed by atoms with Gasteiger partial charge in [0, 0.05) is 6.54 Å². The minimum atomic E-state index is -4.39. The SMILES string of the molecule is O=C(O)c1coc(CN(CCO)CC(F)(F)F)c1. The molecule has 0 saturated carbocycles. The maximum absolute atomic E-state index is 12.2. The second-order valence-electron chi connectivity index (χ2n) is 3.66. The van der Waals surface area contributed by atoms with E-state index in [1.54, 1.807) is 0 Å². The minimum absolute atomic E-state index is 0.102. The lowest BCUT2D eigenvalue weighted by atomic mass is 10.3. The van der Waals surface area contributed by atoms with Gasteiger partial charge < -0.3 is 14.6 Å². The van der Waals surface area contributed by atoms with Crippen molar-refractivity contribution in [1.29, 1.82) is 0 Å². The third kappa shape index (κ3) is 4.76. The lowest BCUT2D eigenvalue weighted by Gasteiger charge is -2.21. The number of halogens is 3. The molecule has 0 aliphatic heterocycles. The molecule has 1 aromatic rings. The molecule has 102 valence electrons. The summed E-state index contributed by atoms with van der Waals surface area (Å²) in [6.07, 6.45) is -3.43. The fraction of sp³-hybridized carbons (Fsp3) is 0.500. The quantitative estimate of drug-likeness (QED) is 0.813. The van der Waals surface area contributed by atoms with Gasteiger partial charge in [0.15, 0.2) is 0 Å². The molecule has 18 heavy (non-hydrogen) atoms. The number of carbonyl (C=O) groups is 1. The van der Waals surface area contributed by atoms with E-state index < -0.39 is 25.3 Å². The number of aliphatic hydroxyl groups excluding tert-OH is 1. The summed E-state index contributed by atoms with van der Waals surface area (Å²) in [5.41, 5.74) is -0.124. The zero-order chi connectivity index (χ0) is 13.8. The van der Waals surface area contributed by atoms with Gasteiger partial charge >= 0.3 is 12.1 Å². The second kappa shape index (κ2) is 5.87. The fourth-order valence-corrected chi connectivity index (χ4v) is 1.41. The number of nitrogens with zero attached hydrogens (tertiary/aromatic N) is 1. The van der Waals surface area contributed by atoms with Crippen LogP contribution in [0.5, 0.6) is 0 Å². The highest BCUT2D eigenvalue weighted by atomic mass is 19.4. The van der Waals surface area contributed by atoms with Crippen molar-refractivity contribution in [1.82, 2.24) is 4.90 Å². The second-order valence-corrected chi connectivity index (χ2v) is 3.66. The van der Waals surface area contributed by atoms with Crippen LogP contribution in [0, 0.1) is 0 Å². The predicted molar refractivity (Wildman–Crippen MR) is 54.1 cm³/mol. The van der Waals surface area contributed by atoms with Crippen LogP contribution in [0.1, 0.15) is 16.1 Å². The van der Waals surface area contributed by atoms with Crippen molar-refractivity contribution in [2.45, 2.75) is 12.7 Å². The topological polar surface area (TPSA) is 73.9 Å². The number of alkyl halides is 3. The largest absolute Gasteiger partial charge is 0.478 e. The van der Waals surface area contributed by atoms with E-state index in [0.717, 1.165) is 17.2 Å². The Labute approximate surface area is 100 Å². The number of rotatable bonds is 6. The molecule has 2 N–H and O–H groups in total. The molecule has 1 aromatic heterocycles. The zero-order valence-electron chi connectivity index (χ0n) is 9.28. The summed E-state index contributed by atoms with van der Waals surface area (Å²) >= 11 is 0. The fourth-order valence-electron chi connectivity index (χ4n) is 1.41. The normalized spacial score (nSPS) is 12.1. The maximum Gasteiger partial charge on any atom is 0.401 e. The third-order valence-electron chi connectivity index (χ3n) is 2.10. The first kappa shape index (κ1) is 14.5. The van der Waals surface area contributed by atoms with Gasteiger partial charge in [-0.3, -0.25) is 4.90 Å². The Morgan fingerprint density at radius 1 is 1.44 bits per heavy atom. The van der Waals surface area contributed by atoms with Crippen molar-refractivity contribution >= 4 is 5.97 Å². The van der Waals surface area contributed by atoms with E-state index in [2.05, 4.69) is 0 Å². The lowest BCUT2D eigenvalue weighted by Crippen LogP contribution is -2.35. The Balaban J connectivity index is 2.67. The van der Waals surface area contributed by atoms with Crippen LogP contribution in [0.4, 0.5) is 13.2 Å². The molecule has 1 rings (SSSR count). The number of carboxylic acid groups (broad SMARTS) is 1. The number of carboxylic acids is 1. The maximum atomic E-state index is 12.2. The van der Waals surface area contributed by atoms with Crippen molar-refractivity contribution in [3.05, 3.63) is 23.7 Å². The third-order valence-corrected chi connectivity index (χ3v) is 2.10. The first-order valence-corrected chi connectivity index (χ1v) is 5.02. The van der Waals surface area contributed by atoms with Crippen LogP contribution in [-0.4, -0.2) is 47.0 Å². The highest BCUT2D eigenvalue weighted by Crippen LogP contribution is 2.18. The summed E-state index contributed by atoms with van der Waals surface area (Å²) in [5, 5.41) is 17.3. The molecule has 0 spiro atoms. The van der Waals surface area contributed by atoms with E-state index in [9.17, 15) is 18.0 Å². The predicted octanol–water partition coefficient (Wildman–Crippen LogP) is 1.33. The average Bonchev–Trinajstić information content (AvgIpc) is 2.64. The van der Waals surface area contributed by atoms with Crippen LogP contribution in [0.3, 0.4) is 0 Å². The number of aliphatic hydroxyl groups is 1. The molecule has 0 unspecified atom stereocenters. The Kier molecular flexibility index (Phi) is 4.74. The number of hydrogen-bond acceptors (Lipinski definition) is 4. The number of furan rings is 1. The van der Waals surface area contributed by atoms with Crippen LogP contribution in [-0.2, 0) is 6.54 Å². The molecule has 0 fully saturated rings. The van der Waals surface area contributed by atoms with Crippen LogP contribution in [0.2, 0.25) is 0 Å². The van der Waals surface area contributed by atoms with Gasteiger partial charge in [-0.2, -0.15) is 13.2 Å². The van der Waals surface area contributed by atoms with E-state index in [0.29, 0.717) is 0 Å². The Morgan fingerprint density at radius 3 is 2.56 bits per heavy atom. The van der Waals surface area contributed by atoms with Crippen molar-refractivity contribution in [2.24, 2.45) is 0 Å². The summed E-state index contributed by atoms with van der Waals surface area (Å²) in [4.78, 5) is 11.5. The number of hydrogen-bond donors (Lipinski definition) is 2. The van der Waals surface area contributed by atoms with Crippen LogP contribution in [0.25, 0.3) is 0 Å². The lowest BCUT2D eigenvalue weighted by molar-refractivity contribution is -0.148. The van der Waals surface area contributed by atoms with Gasteiger partial charge in [0.2, 0.25) is 0 Å². The van der Waals surface area contributed by atoms with E-state index in [-0.39, 0.29) is 24.4 Å². The van der Waals surface area contributed by atoms with E-state index >= 15 is 0 Å². The van der Waals surface area contributed by atoms with Gasteiger partial charge in [0.25, 0.3) is 0 Å². The molecule has 8 heteroatoms. The van der Waals surface area contributed by atoms with E-state index in [1.807, 2.05) is 0 Å². The smallest absolute Gasteiger partial charge is 0.401 e. The first-order valence-electron chi connectivity index (χ1n) is 5.02. The van der Waals surface area contributed by atoms with Gasteiger partial charge in [-0.15, -0.1) is 0 Å². The highest BCUT2D eigenvalue weighted by molar-refractivity contribution is 5.87. The summed E-state index contributed by atoms with van der Waals surface area (Å²) in [6, 6.07) is 1.16. The van der Waals surface area contributed by atoms with Crippen molar-refractivity contribution in [3.8, 4) is 0 Å². The molecule has 0 aliphatic carbocycles. The molecule has 5 nitrogen and oxygen atoms in total. The molecular formula is C10H12F3NO4. The van der Waals surface area contributed by atoms with Gasteiger partial charge in [0.05, 0.1) is 25.3 Å². The van der Waals surface area contributed by atoms with Crippen LogP contribution >= 0.6 is 0 Å². The Hall–Kier alpha value is -1.54. The minimum Gasteiger partial charge on any atom is -0.478 e. The van der Waals surface area contributed by atoms with Gasteiger partial charge in [-0.1, -0.05) is 0 Å². The summed E-state index contributed by atoms with van der Waals surface area (Å²) in [5.74, 6) is -1.11. The first-order chi connectivity index (χ1) is 8.31. The summed E-state index contributed by atoms with van der Waals surface area (Å²) in [6.45, 7) is -2.02. The standard InChI is InChI=1S/C10H12F3NO4/c11-10(12,13)6-14(1-2-15)4-8-3-7(5-18-8)9(16)17/h3,5,15H,1-2,4,6H2,(H,16,17). The summed E-state index contributed by atoms with van der Waals surface area (Å²) < 4.78 is 41.5. The Morgan fingerprint density at radius 2 is 2.11 bits per heavy atom. The zero-order valence-corrected chi connectivity index (χ0v) is 9.28. The molecule has 1 heterocycles. The molecular weight excluding hydrogens is 255 g/mol. The van der Waals surface area contributed by atoms with Crippen molar-refractivity contribution in [2.75, 3.05) is 19.7 Å². The van der Waals surface area contributed by atoms with Gasteiger partial charge in [0.1, 0.15) is 12.0 Å². The highest BCUT2D eigenvalue weighted by Gasteiger charge is 2.30. The van der Waals surface area contributed by atoms with Crippen LogP contribution < -0.4 is 0 Å². The van der Waals surface area contributed by atoms with Gasteiger partial charge in [-0.25, -0.2) is 4.79 Å². The van der Waals surface area contributed by atoms with Crippen molar-refractivity contribution in [3.63, 3.8) is 0 Å². The molecule has 0 amide bonds. The molecule has 0 radical (unpaired) electrons. The monoisotopic (exact) mass is 267 g/mol. The molecule has 0 aromatic carbocycles. The summed E-state index contributed by atoms with van der Waals surface area (Å²) in [7, 11) is 0. The van der Waals surface area contributed by atoms with Crippen LogP contribution in [0.15, 0.2) is 16.7 Å². The average molecular weight is 267 g/mol. The number of aromatic carboxylic acids is 1.